The van der Waals surface area contributed by atoms with Gasteiger partial charge in [-0.2, -0.15) is 9.37 Å². The van der Waals surface area contributed by atoms with Crippen LogP contribution in [-0.4, -0.2) is 12.0 Å². The van der Waals surface area contributed by atoms with Crippen LogP contribution in [0, 0.1) is 5.95 Å². The Balaban J connectivity index is 2.97. The third-order valence-corrected chi connectivity index (χ3v) is 1.35. The summed E-state index contributed by atoms with van der Waals surface area (Å²) in [6, 6.07) is 0.228. The third kappa shape index (κ3) is 1.50. The Labute approximate surface area is 64.6 Å². The molecular formula is C7H11FN2O. The Morgan fingerprint density at radius 3 is 2.45 bits per heavy atom. The first-order valence-corrected chi connectivity index (χ1v) is 3.49. The van der Waals surface area contributed by atoms with Crippen LogP contribution in [0.25, 0.3) is 0 Å². The summed E-state index contributed by atoms with van der Waals surface area (Å²) in [5.41, 5.74) is 0. The van der Waals surface area contributed by atoms with E-state index >= 15 is 0 Å². The lowest BCUT2D eigenvalue weighted by Crippen LogP contribution is -1.87. The topological polar surface area (TPSA) is 38.1 Å². The molecule has 1 aromatic heterocycles. The first-order chi connectivity index (χ1) is 5.15. The van der Waals surface area contributed by atoms with Gasteiger partial charge in [0.1, 0.15) is 0 Å². The zero-order valence-electron chi connectivity index (χ0n) is 6.81. The fourth-order valence-electron chi connectivity index (χ4n) is 0.776. The number of oxazole rings is 1. The molecule has 0 atom stereocenters. The van der Waals surface area contributed by atoms with Crippen LogP contribution >= 0.6 is 0 Å². The molecule has 0 aliphatic rings. The first kappa shape index (κ1) is 8.04. The lowest BCUT2D eigenvalue weighted by molar-refractivity contribution is 0.460. The molecule has 0 bridgehead atoms. The second-order valence-corrected chi connectivity index (χ2v) is 2.58. The molecule has 1 rings (SSSR count). The fourth-order valence-corrected chi connectivity index (χ4v) is 0.776. The summed E-state index contributed by atoms with van der Waals surface area (Å²) in [4.78, 5) is 3.51. The van der Waals surface area contributed by atoms with Gasteiger partial charge in [0.25, 0.3) is 12.0 Å². The van der Waals surface area contributed by atoms with Crippen LogP contribution in [-0.2, 0) is 0 Å². The zero-order valence-corrected chi connectivity index (χ0v) is 6.81. The van der Waals surface area contributed by atoms with E-state index in [0.717, 1.165) is 0 Å². The van der Waals surface area contributed by atoms with Crippen LogP contribution in [0.1, 0.15) is 25.5 Å². The van der Waals surface area contributed by atoms with Gasteiger partial charge in [-0.05, 0) is 0 Å². The Morgan fingerprint density at radius 2 is 2.18 bits per heavy atom. The van der Waals surface area contributed by atoms with Gasteiger partial charge in [-0.3, -0.25) is 0 Å². The van der Waals surface area contributed by atoms with Crippen LogP contribution in [0.15, 0.2) is 4.42 Å². The van der Waals surface area contributed by atoms with E-state index in [1.165, 1.54) is 0 Å². The quantitative estimate of drug-likeness (QED) is 0.715. The normalized spacial score (nSPS) is 10.6. The standard InChI is InChI=1S/C7H11FN2O/c1-4(2)5-6(8)10-7(9-3)11-5/h4H,1-3H3,(H,9,10). The van der Waals surface area contributed by atoms with Crippen LogP contribution in [0.4, 0.5) is 10.4 Å². The van der Waals surface area contributed by atoms with Crippen molar-refractivity contribution in [3.05, 3.63) is 11.7 Å². The summed E-state index contributed by atoms with van der Waals surface area (Å²) in [7, 11) is 1.63. The minimum atomic E-state index is -0.524. The molecule has 0 unspecified atom stereocenters. The van der Waals surface area contributed by atoms with Crippen molar-refractivity contribution in [2.75, 3.05) is 12.4 Å². The number of nitrogens with zero attached hydrogens (tertiary/aromatic N) is 1. The van der Waals surface area contributed by atoms with Crippen molar-refractivity contribution in [3.63, 3.8) is 0 Å². The average Bonchev–Trinajstić information content (AvgIpc) is 2.30. The molecule has 0 fully saturated rings. The van der Waals surface area contributed by atoms with Gasteiger partial charge in [-0.15, -0.1) is 0 Å². The van der Waals surface area contributed by atoms with E-state index in [4.69, 9.17) is 4.42 Å². The summed E-state index contributed by atoms with van der Waals surface area (Å²) in [6.07, 6.45) is 0. The summed E-state index contributed by atoms with van der Waals surface area (Å²) >= 11 is 0. The number of hydrogen-bond acceptors (Lipinski definition) is 3. The number of rotatable bonds is 2. The molecule has 1 N–H and O–H groups in total. The summed E-state index contributed by atoms with van der Waals surface area (Å²) in [5, 5.41) is 2.63. The van der Waals surface area contributed by atoms with E-state index < -0.39 is 5.95 Å². The molecule has 0 saturated carbocycles. The van der Waals surface area contributed by atoms with Gasteiger partial charge in [-0.25, -0.2) is 0 Å². The number of aromatic nitrogens is 1. The highest BCUT2D eigenvalue weighted by Crippen LogP contribution is 2.21. The predicted octanol–water partition coefficient (Wildman–Crippen LogP) is 1.98. The van der Waals surface area contributed by atoms with Gasteiger partial charge >= 0.3 is 0 Å². The maximum Gasteiger partial charge on any atom is 0.297 e. The predicted molar refractivity (Wildman–Crippen MR) is 40.1 cm³/mol. The van der Waals surface area contributed by atoms with Crippen molar-refractivity contribution in [2.24, 2.45) is 0 Å². The Bertz CT molecular complexity index is 245. The minimum absolute atomic E-state index is 0.0320. The highest BCUT2D eigenvalue weighted by atomic mass is 19.1. The van der Waals surface area contributed by atoms with Crippen LogP contribution in [0.3, 0.4) is 0 Å². The number of hydrogen-bond donors (Lipinski definition) is 1. The maximum atomic E-state index is 12.8. The maximum absolute atomic E-state index is 12.8. The van der Waals surface area contributed by atoms with Crippen LogP contribution < -0.4 is 5.32 Å². The van der Waals surface area contributed by atoms with E-state index in [2.05, 4.69) is 10.3 Å². The lowest BCUT2D eigenvalue weighted by Gasteiger charge is -1.96. The van der Waals surface area contributed by atoms with Gasteiger partial charge < -0.3 is 9.73 Å². The van der Waals surface area contributed by atoms with E-state index in [1.807, 2.05) is 13.8 Å². The number of nitrogens with one attached hydrogen (secondary N) is 1. The molecule has 0 aliphatic carbocycles. The molecule has 3 nitrogen and oxygen atoms in total. The van der Waals surface area contributed by atoms with E-state index in [9.17, 15) is 4.39 Å². The summed E-state index contributed by atoms with van der Waals surface area (Å²) in [6.45, 7) is 3.70. The van der Waals surface area contributed by atoms with Crippen molar-refractivity contribution in [1.29, 1.82) is 0 Å². The second kappa shape index (κ2) is 2.90. The van der Waals surface area contributed by atoms with Crippen molar-refractivity contribution in [3.8, 4) is 0 Å². The molecule has 0 aliphatic heterocycles. The molecular weight excluding hydrogens is 147 g/mol. The van der Waals surface area contributed by atoms with Crippen molar-refractivity contribution >= 4 is 6.01 Å². The van der Waals surface area contributed by atoms with Crippen LogP contribution in [0.5, 0.6) is 0 Å². The number of halogens is 1. The monoisotopic (exact) mass is 158 g/mol. The SMILES string of the molecule is CNc1nc(F)c(C(C)C)o1. The molecule has 4 heteroatoms. The lowest BCUT2D eigenvalue weighted by atomic mass is 10.2. The van der Waals surface area contributed by atoms with Crippen LogP contribution in [0.2, 0.25) is 0 Å². The smallest absolute Gasteiger partial charge is 0.297 e. The summed E-state index contributed by atoms with van der Waals surface area (Å²) < 4.78 is 17.8. The van der Waals surface area contributed by atoms with Crippen molar-refractivity contribution < 1.29 is 8.81 Å². The highest BCUT2D eigenvalue weighted by molar-refractivity contribution is 5.20. The molecule has 1 aromatic rings. The molecule has 0 aromatic carbocycles. The van der Waals surface area contributed by atoms with Gasteiger partial charge in [0.05, 0.1) is 0 Å². The molecule has 11 heavy (non-hydrogen) atoms. The van der Waals surface area contributed by atoms with Gasteiger partial charge in [0.15, 0.2) is 5.76 Å². The second-order valence-electron chi connectivity index (χ2n) is 2.58. The third-order valence-electron chi connectivity index (χ3n) is 1.35. The fraction of sp³-hybridized carbons (Fsp3) is 0.571. The van der Waals surface area contributed by atoms with E-state index in [1.54, 1.807) is 7.05 Å². The minimum Gasteiger partial charge on any atom is -0.425 e. The Kier molecular flexibility index (Phi) is 2.12. The Morgan fingerprint density at radius 1 is 1.55 bits per heavy atom. The Hall–Kier alpha value is -1.06. The van der Waals surface area contributed by atoms with Gasteiger partial charge in [0.2, 0.25) is 0 Å². The van der Waals surface area contributed by atoms with E-state index in [-0.39, 0.29) is 11.9 Å². The molecule has 0 amide bonds. The van der Waals surface area contributed by atoms with Gasteiger partial charge in [-0.1, -0.05) is 13.8 Å². The molecule has 62 valence electrons. The molecule has 0 spiro atoms. The van der Waals surface area contributed by atoms with E-state index in [0.29, 0.717) is 5.76 Å². The molecule has 0 radical (unpaired) electrons. The van der Waals surface area contributed by atoms with Gasteiger partial charge in [0, 0.05) is 13.0 Å². The number of anilines is 1. The summed E-state index contributed by atoms with van der Waals surface area (Å²) in [5.74, 6) is -0.191. The largest absolute Gasteiger partial charge is 0.425 e. The first-order valence-electron chi connectivity index (χ1n) is 3.49. The average molecular weight is 158 g/mol. The molecule has 0 saturated heterocycles. The zero-order chi connectivity index (χ0) is 8.43. The highest BCUT2D eigenvalue weighted by Gasteiger charge is 2.14. The molecule has 1 heterocycles. The van der Waals surface area contributed by atoms with Crippen molar-refractivity contribution in [1.82, 2.24) is 4.98 Å². The van der Waals surface area contributed by atoms with Crippen molar-refractivity contribution in [2.45, 2.75) is 19.8 Å².